The van der Waals surface area contributed by atoms with E-state index < -0.39 is 0 Å². The van der Waals surface area contributed by atoms with Gasteiger partial charge in [-0.1, -0.05) is 97.1 Å². The molecule has 0 unspecified atom stereocenters. The molecule has 0 aliphatic carbocycles. The summed E-state index contributed by atoms with van der Waals surface area (Å²) in [6.07, 6.45) is 3.45. The Hall–Kier alpha value is -5.36. The Balaban J connectivity index is 0.000000161. The van der Waals surface area contributed by atoms with Crippen LogP contribution in [-0.4, -0.2) is 19.1 Å². The highest BCUT2D eigenvalue weighted by molar-refractivity contribution is 5.78. The second-order valence-electron chi connectivity index (χ2n) is 9.04. The van der Waals surface area contributed by atoms with Crippen LogP contribution < -0.4 is 11.1 Å². The van der Waals surface area contributed by atoms with E-state index in [1.165, 1.54) is 0 Å². The Labute approximate surface area is 231 Å². The first-order valence-corrected chi connectivity index (χ1v) is 12.9. The highest BCUT2D eigenvalue weighted by Gasteiger charge is 2.12. The van der Waals surface area contributed by atoms with Gasteiger partial charge in [-0.15, -0.1) is 13.2 Å². The molecule has 6 nitrogen and oxygen atoms in total. The summed E-state index contributed by atoms with van der Waals surface area (Å²) >= 11 is 0. The summed E-state index contributed by atoms with van der Waals surface area (Å²) in [5.74, 6) is 0. The van der Waals surface area contributed by atoms with Gasteiger partial charge in [0.15, 0.2) is 0 Å². The summed E-state index contributed by atoms with van der Waals surface area (Å²) in [6, 6.07) is 34.4. The molecular formula is C34H28N4O2. The van der Waals surface area contributed by atoms with Gasteiger partial charge in [-0.3, -0.25) is 9.59 Å². The Morgan fingerprint density at radius 2 is 0.875 bits per heavy atom. The van der Waals surface area contributed by atoms with Gasteiger partial charge in [0.2, 0.25) is 0 Å². The van der Waals surface area contributed by atoms with Crippen molar-refractivity contribution in [2.45, 2.75) is 13.1 Å². The fourth-order valence-corrected chi connectivity index (χ4v) is 4.57. The molecule has 0 fully saturated rings. The minimum absolute atomic E-state index is 0.0881. The summed E-state index contributed by atoms with van der Waals surface area (Å²) in [7, 11) is 0. The average molecular weight is 525 g/mol. The zero-order chi connectivity index (χ0) is 27.9. The Bertz CT molecular complexity index is 1780. The molecule has 0 saturated heterocycles. The maximum absolute atomic E-state index is 12.6. The van der Waals surface area contributed by atoms with E-state index in [-0.39, 0.29) is 11.1 Å². The molecule has 6 heteroatoms. The molecule has 0 N–H and O–H groups in total. The van der Waals surface area contributed by atoms with E-state index in [0.717, 1.165) is 33.2 Å². The van der Waals surface area contributed by atoms with Crippen molar-refractivity contribution in [1.29, 1.82) is 0 Å². The number of rotatable bonds is 6. The second-order valence-corrected chi connectivity index (χ2v) is 9.04. The fraction of sp³-hybridized carbons (Fsp3) is 0.0588. The van der Waals surface area contributed by atoms with Crippen LogP contribution in [0.3, 0.4) is 0 Å². The summed E-state index contributed by atoms with van der Waals surface area (Å²) in [5, 5.41) is 0. The van der Waals surface area contributed by atoms with E-state index in [1.807, 2.05) is 109 Å². The molecule has 6 aromatic rings. The van der Waals surface area contributed by atoms with Gasteiger partial charge in [0.1, 0.15) is 11.4 Å². The van der Waals surface area contributed by atoms with E-state index in [9.17, 15) is 9.59 Å². The highest BCUT2D eigenvalue weighted by atomic mass is 16.1. The molecule has 2 heterocycles. The Morgan fingerprint density at radius 3 is 1.25 bits per heavy atom. The van der Waals surface area contributed by atoms with Crippen molar-refractivity contribution in [3.8, 4) is 22.5 Å². The van der Waals surface area contributed by atoms with Crippen LogP contribution in [0.4, 0.5) is 0 Å². The van der Waals surface area contributed by atoms with Gasteiger partial charge in [0, 0.05) is 24.2 Å². The standard InChI is InChI=1S/2C17H14N2O/c2*1-2-12-19-15-11-7-6-10-14(15)18-16(17(19)20)13-8-4-3-5-9-13/h2*2-11H,1,12H2. The lowest BCUT2D eigenvalue weighted by molar-refractivity contribution is 0.812. The van der Waals surface area contributed by atoms with Crippen LogP contribution in [0.2, 0.25) is 0 Å². The number of hydrogen-bond donors (Lipinski definition) is 0. The zero-order valence-corrected chi connectivity index (χ0v) is 22.0. The van der Waals surface area contributed by atoms with Crippen LogP contribution in [0.5, 0.6) is 0 Å². The molecule has 196 valence electrons. The monoisotopic (exact) mass is 524 g/mol. The van der Waals surface area contributed by atoms with Crippen molar-refractivity contribution in [1.82, 2.24) is 19.1 Å². The number of fused-ring (bicyclic) bond motifs is 2. The number of aromatic nitrogens is 4. The molecule has 0 saturated carbocycles. The predicted octanol–water partition coefficient (Wildman–Crippen LogP) is 6.50. The van der Waals surface area contributed by atoms with Crippen LogP contribution in [0.25, 0.3) is 44.6 Å². The van der Waals surface area contributed by atoms with E-state index in [1.54, 1.807) is 21.3 Å². The normalized spacial score (nSPS) is 10.6. The van der Waals surface area contributed by atoms with Gasteiger partial charge >= 0.3 is 0 Å². The summed E-state index contributed by atoms with van der Waals surface area (Å²) < 4.78 is 3.41. The first-order chi connectivity index (χ1) is 19.6. The van der Waals surface area contributed by atoms with Crippen LogP contribution in [0, 0.1) is 0 Å². The predicted molar refractivity (Wildman–Crippen MR) is 163 cm³/mol. The van der Waals surface area contributed by atoms with E-state index in [0.29, 0.717) is 24.5 Å². The maximum atomic E-state index is 12.6. The van der Waals surface area contributed by atoms with Crippen molar-refractivity contribution >= 4 is 22.1 Å². The maximum Gasteiger partial charge on any atom is 0.277 e. The van der Waals surface area contributed by atoms with Crippen molar-refractivity contribution < 1.29 is 0 Å². The lowest BCUT2D eigenvalue weighted by Gasteiger charge is -2.10. The summed E-state index contributed by atoms with van der Waals surface area (Å²) in [6.45, 7) is 8.40. The number of para-hydroxylation sites is 4. The van der Waals surface area contributed by atoms with Crippen LogP contribution >= 0.6 is 0 Å². The van der Waals surface area contributed by atoms with Gasteiger partial charge in [-0.05, 0) is 24.3 Å². The Morgan fingerprint density at radius 1 is 0.525 bits per heavy atom. The van der Waals surface area contributed by atoms with Gasteiger partial charge < -0.3 is 9.13 Å². The third-order valence-electron chi connectivity index (χ3n) is 6.42. The minimum Gasteiger partial charge on any atom is -0.301 e. The van der Waals surface area contributed by atoms with Crippen molar-refractivity contribution in [3.05, 3.63) is 155 Å². The van der Waals surface area contributed by atoms with Gasteiger partial charge in [-0.2, -0.15) is 0 Å². The first kappa shape index (κ1) is 26.3. The molecule has 0 amide bonds. The fourth-order valence-electron chi connectivity index (χ4n) is 4.57. The number of nitrogens with zero attached hydrogens (tertiary/aromatic N) is 4. The van der Waals surface area contributed by atoms with Crippen LogP contribution in [0.1, 0.15) is 0 Å². The summed E-state index contributed by atoms with van der Waals surface area (Å²) in [4.78, 5) is 34.3. The minimum atomic E-state index is -0.0881. The van der Waals surface area contributed by atoms with E-state index in [2.05, 4.69) is 23.1 Å². The van der Waals surface area contributed by atoms with Crippen LogP contribution in [0.15, 0.2) is 144 Å². The Kier molecular flexibility index (Phi) is 7.88. The van der Waals surface area contributed by atoms with Crippen molar-refractivity contribution in [2.24, 2.45) is 0 Å². The SMILES string of the molecule is C=CCn1c(=O)c(-c2ccccc2)nc2ccccc21.C=CCn1c(=O)c(-c2ccccc2)nc2ccccc21. The highest BCUT2D eigenvalue weighted by Crippen LogP contribution is 2.18. The lowest BCUT2D eigenvalue weighted by Crippen LogP contribution is -2.23. The zero-order valence-electron chi connectivity index (χ0n) is 22.0. The molecule has 0 aliphatic rings. The molecular weight excluding hydrogens is 496 g/mol. The van der Waals surface area contributed by atoms with Crippen molar-refractivity contribution in [3.63, 3.8) is 0 Å². The summed E-state index contributed by atoms with van der Waals surface area (Å²) in [5.41, 5.74) is 5.73. The smallest absolute Gasteiger partial charge is 0.277 e. The van der Waals surface area contributed by atoms with Gasteiger partial charge in [-0.25, -0.2) is 9.97 Å². The third-order valence-corrected chi connectivity index (χ3v) is 6.42. The van der Waals surface area contributed by atoms with E-state index in [4.69, 9.17) is 0 Å². The molecule has 0 atom stereocenters. The average Bonchev–Trinajstić information content (AvgIpc) is 3.01. The molecule has 2 aromatic heterocycles. The molecule has 0 radical (unpaired) electrons. The molecule has 4 aromatic carbocycles. The van der Waals surface area contributed by atoms with Crippen molar-refractivity contribution in [2.75, 3.05) is 0 Å². The molecule has 6 rings (SSSR count). The van der Waals surface area contributed by atoms with Gasteiger partial charge in [0.05, 0.1) is 22.1 Å². The third kappa shape index (κ3) is 5.28. The van der Waals surface area contributed by atoms with Gasteiger partial charge in [0.25, 0.3) is 11.1 Å². The van der Waals surface area contributed by atoms with E-state index >= 15 is 0 Å². The topological polar surface area (TPSA) is 69.8 Å². The molecule has 0 bridgehead atoms. The first-order valence-electron chi connectivity index (χ1n) is 12.9. The number of allylic oxidation sites excluding steroid dienone is 2. The number of hydrogen-bond acceptors (Lipinski definition) is 4. The second kappa shape index (κ2) is 12.0. The molecule has 0 spiro atoms. The number of benzene rings is 4. The molecule has 40 heavy (non-hydrogen) atoms. The largest absolute Gasteiger partial charge is 0.301 e. The molecule has 0 aliphatic heterocycles. The lowest BCUT2D eigenvalue weighted by atomic mass is 10.1. The van der Waals surface area contributed by atoms with Crippen LogP contribution in [-0.2, 0) is 13.1 Å². The quantitative estimate of drug-likeness (QED) is 0.233.